The van der Waals surface area contributed by atoms with E-state index in [4.69, 9.17) is 21.1 Å². The Balaban J connectivity index is 1.90. The number of hydrogen-bond donors (Lipinski definition) is 0. The van der Waals surface area contributed by atoms with Crippen molar-refractivity contribution in [2.24, 2.45) is 0 Å². The molecule has 2 rings (SSSR count). The van der Waals surface area contributed by atoms with Crippen LogP contribution >= 0.6 is 34.2 Å². The van der Waals surface area contributed by atoms with Crippen molar-refractivity contribution in [3.63, 3.8) is 0 Å². The summed E-state index contributed by atoms with van der Waals surface area (Å²) in [5.41, 5.74) is 1.14. The number of hydrogen-bond acceptors (Lipinski definition) is 4. The highest BCUT2D eigenvalue weighted by atomic mass is 127. The average molecular weight is 419 g/mol. The van der Waals surface area contributed by atoms with E-state index in [0.717, 1.165) is 9.13 Å². The summed E-state index contributed by atoms with van der Waals surface area (Å²) in [5, 5.41) is 0.176. The molecule has 0 spiro atoms. The minimum Gasteiger partial charge on any atom is -0.471 e. The van der Waals surface area contributed by atoms with Gasteiger partial charge in [0.15, 0.2) is 0 Å². The van der Waals surface area contributed by atoms with E-state index in [0.29, 0.717) is 12.5 Å². The Morgan fingerprint density at radius 2 is 1.90 bits per heavy atom. The van der Waals surface area contributed by atoms with Crippen molar-refractivity contribution in [2.75, 3.05) is 0 Å². The molecule has 0 radical (unpaired) electrons. The standard InChI is InChI=1S/C15H16ClIN2O2/c1-10(20-9-12-6-4-3-5-7-12)11(2)21-14-13(17)8-18-15(16)19-14/h3-8,10-11H,9H2,1-2H3/t10-,11-/m1/s1. The van der Waals surface area contributed by atoms with Crippen molar-refractivity contribution in [1.29, 1.82) is 0 Å². The third-order valence-electron chi connectivity index (χ3n) is 3.00. The molecule has 1 heterocycles. The molecule has 0 saturated carbocycles. The van der Waals surface area contributed by atoms with Gasteiger partial charge in [0.2, 0.25) is 11.2 Å². The summed E-state index contributed by atoms with van der Waals surface area (Å²) < 4.78 is 12.5. The quantitative estimate of drug-likeness (QED) is 0.523. The summed E-state index contributed by atoms with van der Waals surface area (Å²) in [6.07, 6.45) is 1.41. The van der Waals surface area contributed by atoms with Crippen LogP contribution in [-0.2, 0) is 11.3 Å². The van der Waals surface area contributed by atoms with Crippen molar-refractivity contribution in [1.82, 2.24) is 9.97 Å². The molecular weight excluding hydrogens is 403 g/mol. The van der Waals surface area contributed by atoms with Crippen molar-refractivity contribution in [3.8, 4) is 5.88 Å². The topological polar surface area (TPSA) is 44.2 Å². The van der Waals surface area contributed by atoms with Gasteiger partial charge in [-0.05, 0) is 53.6 Å². The number of nitrogens with zero attached hydrogens (tertiary/aromatic N) is 2. The molecule has 0 unspecified atom stereocenters. The monoisotopic (exact) mass is 418 g/mol. The molecule has 0 bridgehead atoms. The molecule has 0 saturated heterocycles. The summed E-state index contributed by atoms with van der Waals surface area (Å²) in [4.78, 5) is 7.99. The van der Waals surface area contributed by atoms with Gasteiger partial charge < -0.3 is 9.47 Å². The van der Waals surface area contributed by atoms with E-state index in [1.54, 1.807) is 6.20 Å². The van der Waals surface area contributed by atoms with Gasteiger partial charge >= 0.3 is 0 Å². The minimum absolute atomic E-state index is 0.0743. The normalized spacial score (nSPS) is 13.7. The van der Waals surface area contributed by atoms with Crippen LogP contribution in [0.3, 0.4) is 0 Å². The minimum atomic E-state index is -0.145. The summed E-state index contributed by atoms with van der Waals surface area (Å²) >= 11 is 7.90. The Morgan fingerprint density at radius 3 is 2.62 bits per heavy atom. The zero-order valence-corrected chi connectivity index (χ0v) is 14.7. The second-order valence-electron chi connectivity index (χ2n) is 4.62. The van der Waals surface area contributed by atoms with Gasteiger partial charge in [-0.1, -0.05) is 30.3 Å². The number of aromatic nitrogens is 2. The summed E-state index contributed by atoms with van der Waals surface area (Å²) in [7, 11) is 0. The molecule has 6 heteroatoms. The third kappa shape index (κ3) is 5.09. The van der Waals surface area contributed by atoms with Gasteiger partial charge in [-0.2, -0.15) is 4.98 Å². The molecule has 0 N–H and O–H groups in total. The molecule has 21 heavy (non-hydrogen) atoms. The second kappa shape index (κ2) is 7.91. The number of halogens is 2. The second-order valence-corrected chi connectivity index (χ2v) is 6.12. The molecule has 112 valence electrons. The zero-order valence-electron chi connectivity index (χ0n) is 11.8. The van der Waals surface area contributed by atoms with E-state index in [2.05, 4.69) is 32.6 Å². The lowest BCUT2D eigenvalue weighted by atomic mass is 10.2. The molecule has 4 nitrogen and oxygen atoms in total. The van der Waals surface area contributed by atoms with Crippen LogP contribution in [0.1, 0.15) is 19.4 Å². The highest BCUT2D eigenvalue weighted by Gasteiger charge is 2.17. The van der Waals surface area contributed by atoms with Gasteiger partial charge in [-0.15, -0.1) is 0 Å². The molecule has 0 aliphatic rings. The highest BCUT2D eigenvalue weighted by molar-refractivity contribution is 14.1. The molecule has 1 aromatic heterocycles. The fourth-order valence-corrected chi connectivity index (χ4v) is 2.14. The van der Waals surface area contributed by atoms with Crippen molar-refractivity contribution in [2.45, 2.75) is 32.7 Å². The summed E-state index contributed by atoms with van der Waals surface area (Å²) in [6, 6.07) is 10.0. The first-order valence-electron chi connectivity index (χ1n) is 6.56. The molecule has 0 aliphatic carbocycles. The average Bonchev–Trinajstić information content (AvgIpc) is 2.49. The molecular formula is C15H16ClIN2O2. The van der Waals surface area contributed by atoms with Crippen LogP contribution in [0.5, 0.6) is 5.88 Å². The maximum atomic E-state index is 5.83. The van der Waals surface area contributed by atoms with Crippen molar-refractivity contribution in [3.05, 3.63) is 50.9 Å². The van der Waals surface area contributed by atoms with E-state index in [1.165, 1.54) is 0 Å². The Labute approximate surface area is 143 Å². The molecule has 2 aromatic rings. The Kier molecular flexibility index (Phi) is 6.20. The number of rotatable bonds is 6. The Hall–Kier alpha value is -0.920. The van der Waals surface area contributed by atoms with E-state index in [-0.39, 0.29) is 17.5 Å². The maximum absolute atomic E-state index is 5.83. The molecule has 1 aromatic carbocycles. The molecule has 0 amide bonds. The first-order valence-corrected chi connectivity index (χ1v) is 8.02. The summed E-state index contributed by atoms with van der Waals surface area (Å²) in [6.45, 7) is 4.47. The van der Waals surface area contributed by atoms with Crippen LogP contribution in [0.2, 0.25) is 5.28 Å². The van der Waals surface area contributed by atoms with Crippen molar-refractivity contribution < 1.29 is 9.47 Å². The first kappa shape index (κ1) is 16.5. The van der Waals surface area contributed by atoms with Crippen LogP contribution < -0.4 is 4.74 Å². The SMILES string of the molecule is C[C@@H](OCc1ccccc1)[C@@H](C)Oc1nc(Cl)ncc1I. The highest BCUT2D eigenvalue weighted by Crippen LogP contribution is 2.21. The van der Waals surface area contributed by atoms with Crippen LogP contribution in [0.15, 0.2) is 36.5 Å². The predicted molar refractivity (Wildman–Crippen MR) is 90.5 cm³/mol. The van der Waals surface area contributed by atoms with E-state index in [1.807, 2.05) is 44.2 Å². The lowest BCUT2D eigenvalue weighted by molar-refractivity contribution is -0.0182. The van der Waals surface area contributed by atoms with Crippen LogP contribution in [-0.4, -0.2) is 22.2 Å². The van der Waals surface area contributed by atoms with Crippen LogP contribution in [0.4, 0.5) is 0 Å². The first-order chi connectivity index (χ1) is 10.1. The van der Waals surface area contributed by atoms with Gasteiger partial charge in [-0.3, -0.25) is 0 Å². The zero-order chi connectivity index (χ0) is 15.2. The van der Waals surface area contributed by atoms with Gasteiger partial charge in [0.1, 0.15) is 6.10 Å². The lowest BCUT2D eigenvalue weighted by Crippen LogP contribution is -2.29. The van der Waals surface area contributed by atoms with Gasteiger partial charge in [0, 0.05) is 6.20 Å². The van der Waals surface area contributed by atoms with E-state index >= 15 is 0 Å². The van der Waals surface area contributed by atoms with Crippen LogP contribution in [0.25, 0.3) is 0 Å². The maximum Gasteiger partial charge on any atom is 0.231 e. The molecule has 2 atom stereocenters. The lowest BCUT2D eigenvalue weighted by Gasteiger charge is -2.22. The Bertz CT molecular complexity index is 583. The number of ether oxygens (including phenoxy) is 2. The molecule has 0 aliphatic heterocycles. The largest absolute Gasteiger partial charge is 0.471 e. The predicted octanol–water partition coefficient (Wildman–Crippen LogP) is 4.11. The fourth-order valence-electron chi connectivity index (χ4n) is 1.62. The smallest absolute Gasteiger partial charge is 0.231 e. The molecule has 0 fully saturated rings. The fraction of sp³-hybridized carbons (Fsp3) is 0.333. The van der Waals surface area contributed by atoms with Crippen molar-refractivity contribution >= 4 is 34.2 Å². The van der Waals surface area contributed by atoms with Gasteiger partial charge in [-0.25, -0.2) is 4.98 Å². The van der Waals surface area contributed by atoms with Gasteiger partial charge in [0.25, 0.3) is 0 Å². The Morgan fingerprint density at radius 1 is 1.19 bits per heavy atom. The third-order valence-corrected chi connectivity index (χ3v) is 3.92. The van der Waals surface area contributed by atoms with E-state index < -0.39 is 0 Å². The number of benzene rings is 1. The van der Waals surface area contributed by atoms with Gasteiger partial charge in [0.05, 0.1) is 16.3 Å². The van der Waals surface area contributed by atoms with Crippen LogP contribution in [0, 0.1) is 3.57 Å². The van der Waals surface area contributed by atoms with E-state index in [9.17, 15) is 0 Å². The summed E-state index contributed by atoms with van der Waals surface area (Å²) in [5.74, 6) is 0.485.